The van der Waals surface area contributed by atoms with Crippen molar-refractivity contribution in [1.82, 2.24) is 15.5 Å². The van der Waals surface area contributed by atoms with Crippen molar-refractivity contribution in [2.75, 3.05) is 19.7 Å². The lowest BCUT2D eigenvalue weighted by molar-refractivity contribution is -0.136. The third kappa shape index (κ3) is 4.53. The molecule has 1 aromatic carbocycles. The van der Waals surface area contributed by atoms with Crippen molar-refractivity contribution in [3.8, 4) is 5.75 Å². The Hall–Kier alpha value is -2.28. The third-order valence-electron chi connectivity index (χ3n) is 5.18. The average Bonchev–Trinajstić information content (AvgIpc) is 2.87. The fourth-order valence-electron chi connectivity index (χ4n) is 3.50. The summed E-state index contributed by atoms with van der Waals surface area (Å²) in [5, 5.41) is 6.10. The first-order chi connectivity index (χ1) is 12.9. The highest BCUT2D eigenvalue weighted by atomic mass is 35.5. The van der Waals surface area contributed by atoms with Gasteiger partial charge in [-0.2, -0.15) is 0 Å². The van der Waals surface area contributed by atoms with E-state index < -0.39 is 11.6 Å². The van der Waals surface area contributed by atoms with Crippen LogP contribution in [0.1, 0.15) is 32.6 Å². The highest BCUT2D eigenvalue weighted by Crippen LogP contribution is 2.36. The molecular weight excluding hydrogens is 370 g/mol. The number of imide groups is 1. The maximum Gasteiger partial charge on any atom is 0.325 e. The van der Waals surface area contributed by atoms with Crippen LogP contribution in [0.4, 0.5) is 4.79 Å². The molecule has 1 spiro atoms. The van der Waals surface area contributed by atoms with Gasteiger partial charge in [0.1, 0.15) is 24.4 Å². The number of carbonyl (C=O) groups is 3. The van der Waals surface area contributed by atoms with Gasteiger partial charge in [0.25, 0.3) is 5.91 Å². The molecule has 1 heterocycles. The highest BCUT2D eigenvalue weighted by molar-refractivity contribution is 6.30. The molecule has 0 unspecified atom stereocenters. The Balaban J connectivity index is 1.44. The van der Waals surface area contributed by atoms with Crippen LogP contribution in [0.25, 0.3) is 0 Å². The van der Waals surface area contributed by atoms with E-state index in [-0.39, 0.29) is 31.5 Å². The monoisotopic (exact) mass is 393 g/mol. The summed E-state index contributed by atoms with van der Waals surface area (Å²) in [6.07, 6.45) is 3.06. The zero-order chi connectivity index (χ0) is 19.4. The minimum Gasteiger partial charge on any atom is -0.492 e. The molecule has 2 N–H and O–H groups in total. The van der Waals surface area contributed by atoms with Gasteiger partial charge < -0.3 is 15.4 Å². The van der Waals surface area contributed by atoms with Crippen molar-refractivity contribution < 1.29 is 19.1 Å². The number of carbonyl (C=O) groups excluding carboxylic acids is 3. The summed E-state index contributed by atoms with van der Waals surface area (Å²) in [6, 6.07) is 6.43. The zero-order valence-electron chi connectivity index (χ0n) is 15.3. The van der Waals surface area contributed by atoms with E-state index in [4.69, 9.17) is 16.3 Å². The minimum absolute atomic E-state index is 0.272. The lowest BCUT2D eigenvalue weighted by Crippen LogP contribution is -2.50. The van der Waals surface area contributed by atoms with E-state index in [2.05, 4.69) is 17.6 Å². The molecule has 0 bridgehead atoms. The Bertz CT molecular complexity index is 714. The number of ether oxygens (including phenoxy) is 1. The fraction of sp³-hybridized carbons (Fsp3) is 0.526. The molecular formula is C19H24ClN3O4. The lowest BCUT2D eigenvalue weighted by Gasteiger charge is -2.33. The van der Waals surface area contributed by atoms with Gasteiger partial charge in [-0.05, 0) is 55.9 Å². The van der Waals surface area contributed by atoms with Crippen LogP contribution in [-0.4, -0.2) is 48.0 Å². The van der Waals surface area contributed by atoms with Crippen LogP contribution in [0.2, 0.25) is 5.02 Å². The molecule has 4 amide bonds. The quantitative estimate of drug-likeness (QED) is 0.573. The summed E-state index contributed by atoms with van der Waals surface area (Å²) in [5.74, 6) is 0.529. The number of rotatable bonds is 6. The molecule has 1 aliphatic heterocycles. The summed E-state index contributed by atoms with van der Waals surface area (Å²) in [5.41, 5.74) is -0.818. The Labute approximate surface area is 163 Å². The Morgan fingerprint density at radius 2 is 1.96 bits per heavy atom. The number of benzene rings is 1. The Kier molecular flexibility index (Phi) is 5.89. The number of hydrogen-bond acceptors (Lipinski definition) is 4. The second-order valence-electron chi connectivity index (χ2n) is 7.24. The molecule has 7 nitrogen and oxygen atoms in total. The van der Waals surface area contributed by atoms with Gasteiger partial charge >= 0.3 is 6.03 Å². The summed E-state index contributed by atoms with van der Waals surface area (Å²) < 4.78 is 5.49. The van der Waals surface area contributed by atoms with Gasteiger partial charge in [0.05, 0.1) is 6.54 Å². The average molecular weight is 394 g/mol. The summed E-state index contributed by atoms with van der Waals surface area (Å²) in [7, 11) is 0. The number of amides is 4. The maximum atomic E-state index is 12.7. The van der Waals surface area contributed by atoms with Crippen molar-refractivity contribution in [2.45, 2.75) is 38.1 Å². The number of hydrogen-bond donors (Lipinski definition) is 2. The predicted molar refractivity (Wildman–Crippen MR) is 101 cm³/mol. The van der Waals surface area contributed by atoms with Crippen molar-refractivity contribution in [3.05, 3.63) is 29.3 Å². The van der Waals surface area contributed by atoms with Gasteiger partial charge in [-0.25, -0.2) is 4.79 Å². The van der Waals surface area contributed by atoms with Crippen LogP contribution in [0.15, 0.2) is 24.3 Å². The molecule has 2 fully saturated rings. The van der Waals surface area contributed by atoms with Crippen LogP contribution < -0.4 is 15.4 Å². The number of halogens is 1. The van der Waals surface area contributed by atoms with Crippen molar-refractivity contribution in [1.29, 1.82) is 0 Å². The molecule has 2 aliphatic rings. The van der Waals surface area contributed by atoms with E-state index in [9.17, 15) is 14.4 Å². The van der Waals surface area contributed by atoms with Gasteiger partial charge in [0.15, 0.2) is 0 Å². The largest absolute Gasteiger partial charge is 0.492 e. The van der Waals surface area contributed by atoms with E-state index in [1.807, 2.05) is 0 Å². The molecule has 1 saturated heterocycles. The van der Waals surface area contributed by atoms with Gasteiger partial charge in [0, 0.05) is 5.02 Å². The molecule has 1 aromatic rings. The van der Waals surface area contributed by atoms with Crippen LogP contribution in [0, 0.1) is 5.92 Å². The molecule has 8 heteroatoms. The topological polar surface area (TPSA) is 87.7 Å². The maximum absolute atomic E-state index is 12.7. The van der Waals surface area contributed by atoms with Crippen molar-refractivity contribution in [2.24, 2.45) is 5.92 Å². The SMILES string of the molecule is CC1CCC2(CC1)NC(=O)N(CC(=O)NCCOc1ccc(Cl)cc1)C2=O. The van der Waals surface area contributed by atoms with E-state index in [1.165, 1.54) is 0 Å². The van der Waals surface area contributed by atoms with Crippen molar-refractivity contribution >= 4 is 29.4 Å². The fourth-order valence-corrected chi connectivity index (χ4v) is 3.63. The first kappa shape index (κ1) is 19.5. The molecule has 3 rings (SSSR count). The van der Waals surface area contributed by atoms with Crippen LogP contribution in [0.3, 0.4) is 0 Å². The molecule has 0 radical (unpaired) electrons. The molecule has 0 aromatic heterocycles. The smallest absolute Gasteiger partial charge is 0.325 e. The molecule has 1 aliphatic carbocycles. The van der Waals surface area contributed by atoms with Gasteiger partial charge in [0.2, 0.25) is 5.91 Å². The molecule has 0 atom stereocenters. The predicted octanol–water partition coefficient (Wildman–Crippen LogP) is 2.34. The highest BCUT2D eigenvalue weighted by Gasteiger charge is 2.52. The number of urea groups is 1. The first-order valence-electron chi connectivity index (χ1n) is 9.19. The van der Waals surface area contributed by atoms with E-state index in [0.717, 1.165) is 17.7 Å². The minimum atomic E-state index is -0.818. The molecule has 27 heavy (non-hydrogen) atoms. The van der Waals surface area contributed by atoms with E-state index in [1.54, 1.807) is 24.3 Å². The second-order valence-corrected chi connectivity index (χ2v) is 7.67. The first-order valence-corrected chi connectivity index (χ1v) is 9.56. The Morgan fingerprint density at radius 3 is 2.63 bits per heavy atom. The Morgan fingerprint density at radius 1 is 1.30 bits per heavy atom. The zero-order valence-corrected chi connectivity index (χ0v) is 16.1. The summed E-state index contributed by atoms with van der Waals surface area (Å²) >= 11 is 5.80. The van der Waals surface area contributed by atoms with Crippen LogP contribution in [0.5, 0.6) is 5.75 Å². The van der Waals surface area contributed by atoms with E-state index >= 15 is 0 Å². The second kappa shape index (κ2) is 8.17. The normalized spacial score (nSPS) is 24.8. The van der Waals surface area contributed by atoms with Gasteiger partial charge in [-0.3, -0.25) is 14.5 Å². The standard InChI is InChI=1S/C19H24ClN3O4/c1-13-6-8-19(9-7-13)17(25)23(18(26)22-19)12-16(24)21-10-11-27-15-4-2-14(20)3-5-15/h2-5,13H,6-12H2,1H3,(H,21,24)(H,22,26). The number of nitrogens with zero attached hydrogens (tertiary/aromatic N) is 1. The van der Waals surface area contributed by atoms with E-state index in [0.29, 0.717) is 29.5 Å². The molecule has 1 saturated carbocycles. The summed E-state index contributed by atoms with van der Waals surface area (Å²) in [4.78, 5) is 38.0. The van der Waals surface area contributed by atoms with Crippen molar-refractivity contribution in [3.63, 3.8) is 0 Å². The third-order valence-corrected chi connectivity index (χ3v) is 5.43. The lowest BCUT2D eigenvalue weighted by atomic mass is 9.77. The summed E-state index contributed by atoms with van der Waals surface area (Å²) in [6.45, 7) is 2.41. The van der Waals surface area contributed by atoms with Crippen LogP contribution in [-0.2, 0) is 9.59 Å². The van der Waals surface area contributed by atoms with Gasteiger partial charge in [-0.15, -0.1) is 0 Å². The van der Waals surface area contributed by atoms with Crippen LogP contribution >= 0.6 is 11.6 Å². The number of nitrogens with one attached hydrogen (secondary N) is 2. The molecule has 146 valence electrons. The van der Waals surface area contributed by atoms with Gasteiger partial charge in [-0.1, -0.05) is 18.5 Å².